The Bertz CT molecular complexity index is 659. The molecule has 0 bridgehead atoms. The van der Waals surface area contributed by atoms with Crippen LogP contribution in [0.5, 0.6) is 5.75 Å². The molecule has 0 aliphatic carbocycles. The summed E-state index contributed by atoms with van der Waals surface area (Å²) >= 11 is 0. The summed E-state index contributed by atoms with van der Waals surface area (Å²) in [5, 5.41) is 14.8. The van der Waals surface area contributed by atoms with Crippen LogP contribution >= 0.6 is 0 Å². The van der Waals surface area contributed by atoms with Gasteiger partial charge in [0.2, 0.25) is 0 Å². The zero-order chi connectivity index (χ0) is 17.6. The molecule has 0 unspecified atom stereocenters. The standard InChI is InChI=1S/C19H28N4O2/c1-15-20-16(2)23(21-15)12-17-7-6-10-22(11-17)13-18(24)14-25-19-8-4-3-5-9-19/h3-5,8-9,17-18,24H,6-7,10-14H2,1-2H3/t17-,18-/m1/s1. The van der Waals surface area contributed by atoms with Crippen LogP contribution in [-0.4, -0.2) is 57.1 Å². The molecular weight excluding hydrogens is 316 g/mol. The fourth-order valence-electron chi connectivity index (χ4n) is 3.50. The van der Waals surface area contributed by atoms with Gasteiger partial charge in [0.1, 0.15) is 30.1 Å². The van der Waals surface area contributed by atoms with E-state index in [0.29, 0.717) is 19.1 Å². The van der Waals surface area contributed by atoms with Gasteiger partial charge in [0.05, 0.1) is 0 Å². The van der Waals surface area contributed by atoms with E-state index in [4.69, 9.17) is 4.74 Å². The minimum absolute atomic E-state index is 0.326. The van der Waals surface area contributed by atoms with Gasteiger partial charge in [0.25, 0.3) is 0 Å². The van der Waals surface area contributed by atoms with Crippen molar-refractivity contribution in [2.45, 2.75) is 39.3 Å². The Morgan fingerprint density at radius 3 is 2.80 bits per heavy atom. The smallest absolute Gasteiger partial charge is 0.147 e. The van der Waals surface area contributed by atoms with Gasteiger partial charge in [-0.1, -0.05) is 18.2 Å². The van der Waals surface area contributed by atoms with E-state index in [2.05, 4.69) is 15.0 Å². The average Bonchev–Trinajstić information content (AvgIpc) is 2.91. The molecule has 2 heterocycles. The number of aromatic nitrogens is 3. The summed E-state index contributed by atoms with van der Waals surface area (Å²) in [4.78, 5) is 6.72. The molecule has 1 aliphatic heterocycles. The number of piperidine rings is 1. The van der Waals surface area contributed by atoms with Gasteiger partial charge in [-0.05, 0) is 51.3 Å². The third-order valence-electron chi connectivity index (χ3n) is 4.65. The number of hydrogen-bond acceptors (Lipinski definition) is 5. The summed E-state index contributed by atoms with van der Waals surface area (Å²) in [6.45, 7) is 7.84. The van der Waals surface area contributed by atoms with E-state index in [1.807, 2.05) is 48.9 Å². The van der Waals surface area contributed by atoms with Crippen molar-refractivity contribution < 1.29 is 9.84 Å². The molecule has 2 atom stereocenters. The molecular formula is C19H28N4O2. The second-order valence-electron chi connectivity index (χ2n) is 6.93. The fourth-order valence-corrected chi connectivity index (χ4v) is 3.50. The van der Waals surface area contributed by atoms with Crippen LogP contribution in [-0.2, 0) is 6.54 Å². The second-order valence-corrected chi connectivity index (χ2v) is 6.93. The minimum Gasteiger partial charge on any atom is -0.491 e. The predicted molar refractivity (Wildman–Crippen MR) is 96.6 cm³/mol. The highest BCUT2D eigenvalue weighted by molar-refractivity contribution is 5.20. The van der Waals surface area contributed by atoms with Crippen LogP contribution in [0.25, 0.3) is 0 Å². The summed E-state index contributed by atoms with van der Waals surface area (Å²) in [6, 6.07) is 9.64. The van der Waals surface area contributed by atoms with Gasteiger partial charge < -0.3 is 14.7 Å². The molecule has 0 spiro atoms. The Balaban J connectivity index is 1.45. The number of para-hydroxylation sites is 1. The molecule has 0 saturated carbocycles. The lowest BCUT2D eigenvalue weighted by Gasteiger charge is -2.33. The quantitative estimate of drug-likeness (QED) is 0.833. The van der Waals surface area contributed by atoms with E-state index in [-0.39, 0.29) is 0 Å². The van der Waals surface area contributed by atoms with Crippen molar-refractivity contribution in [1.29, 1.82) is 0 Å². The van der Waals surface area contributed by atoms with Gasteiger partial charge in [0.15, 0.2) is 0 Å². The number of ether oxygens (including phenoxy) is 1. The van der Waals surface area contributed by atoms with Crippen LogP contribution in [0.2, 0.25) is 0 Å². The van der Waals surface area contributed by atoms with Crippen LogP contribution in [0.3, 0.4) is 0 Å². The topological polar surface area (TPSA) is 63.4 Å². The summed E-state index contributed by atoms with van der Waals surface area (Å²) < 4.78 is 7.66. The molecule has 1 aliphatic rings. The normalized spacial score (nSPS) is 19.7. The van der Waals surface area contributed by atoms with Gasteiger partial charge in [-0.3, -0.25) is 0 Å². The van der Waals surface area contributed by atoms with Crippen molar-refractivity contribution >= 4 is 0 Å². The lowest BCUT2D eigenvalue weighted by atomic mass is 9.98. The van der Waals surface area contributed by atoms with Crippen molar-refractivity contribution in [3.05, 3.63) is 42.0 Å². The molecule has 1 saturated heterocycles. The van der Waals surface area contributed by atoms with E-state index in [1.165, 1.54) is 6.42 Å². The molecule has 1 N–H and O–H groups in total. The number of likely N-dealkylation sites (tertiary alicyclic amines) is 1. The number of benzene rings is 1. The average molecular weight is 344 g/mol. The monoisotopic (exact) mass is 344 g/mol. The van der Waals surface area contributed by atoms with Crippen LogP contribution in [0, 0.1) is 19.8 Å². The van der Waals surface area contributed by atoms with Gasteiger partial charge >= 0.3 is 0 Å². The zero-order valence-corrected chi connectivity index (χ0v) is 15.1. The molecule has 25 heavy (non-hydrogen) atoms. The first kappa shape index (κ1) is 17.9. The van der Waals surface area contributed by atoms with E-state index < -0.39 is 6.10 Å². The van der Waals surface area contributed by atoms with E-state index >= 15 is 0 Å². The van der Waals surface area contributed by atoms with E-state index in [0.717, 1.165) is 43.5 Å². The Labute approximate surface area is 149 Å². The van der Waals surface area contributed by atoms with E-state index in [1.54, 1.807) is 0 Å². The number of hydrogen-bond donors (Lipinski definition) is 1. The highest BCUT2D eigenvalue weighted by Gasteiger charge is 2.23. The van der Waals surface area contributed by atoms with Gasteiger partial charge in [-0.2, -0.15) is 5.10 Å². The summed E-state index contributed by atoms with van der Waals surface area (Å²) in [7, 11) is 0. The number of aliphatic hydroxyl groups excluding tert-OH is 1. The Morgan fingerprint density at radius 2 is 2.08 bits per heavy atom. The van der Waals surface area contributed by atoms with Crippen LogP contribution in [0.4, 0.5) is 0 Å². The third-order valence-corrected chi connectivity index (χ3v) is 4.65. The van der Waals surface area contributed by atoms with Crippen molar-refractivity contribution in [2.75, 3.05) is 26.2 Å². The number of nitrogens with zero attached hydrogens (tertiary/aromatic N) is 4. The minimum atomic E-state index is -0.477. The number of rotatable bonds is 7. The molecule has 0 amide bonds. The largest absolute Gasteiger partial charge is 0.491 e. The maximum Gasteiger partial charge on any atom is 0.147 e. The lowest BCUT2D eigenvalue weighted by molar-refractivity contribution is 0.0494. The fraction of sp³-hybridized carbons (Fsp3) is 0.579. The number of aliphatic hydroxyl groups is 1. The molecule has 136 valence electrons. The molecule has 1 aromatic heterocycles. The van der Waals surface area contributed by atoms with Gasteiger partial charge in [-0.25, -0.2) is 9.67 Å². The predicted octanol–water partition coefficient (Wildman–Crippen LogP) is 2.05. The van der Waals surface area contributed by atoms with Crippen molar-refractivity contribution in [3.63, 3.8) is 0 Å². The molecule has 1 fully saturated rings. The van der Waals surface area contributed by atoms with Crippen LogP contribution < -0.4 is 4.74 Å². The first-order valence-electron chi connectivity index (χ1n) is 9.06. The second kappa shape index (κ2) is 8.45. The summed E-state index contributed by atoms with van der Waals surface area (Å²) in [6.07, 6.45) is 1.88. The molecule has 1 aromatic carbocycles. The highest BCUT2D eigenvalue weighted by Crippen LogP contribution is 2.19. The molecule has 2 aromatic rings. The maximum atomic E-state index is 10.3. The Morgan fingerprint density at radius 1 is 1.28 bits per heavy atom. The zero-order valence-electron chi connectivity index (χ0n) is 15.1. The number of aryl methyl sites for hydroxylation is 2. The lowest BCUT2D eigenvalue weighted by Crippen LogP contribution is -2.42. The van der Waals surface area contributed by atoms with Crippen LogP contribution in [0.15, 0.2) is 30.3 Å². The third kappa shape index (κ3) is 5.28. The Kier molecular flexibility index (Phi) is 6.04. The summed E-state index contributed by atoms with van der Waals surface area (Å²) in [5.74, 6) is 3.16. The van der Waals surface area contributed by atoms with Crippen molar-refractivity contribution in [1.82, 2.24) is 19.7 Å². The van der Waals surface area contributed by atoms with Crippen LogP contribution in [0.1, 0.15) is 24.5 Å². The SMILES string of the molecule is Cc1nc(C)n(C[C@@H]2CCCN(C[C@@H](O)COc3ccccc3)C2)n1. The maximum absolute atomic E-state index is 10.3. The highest BCUT2D eigenvalue weighted by atomic mass is 16.5. The Hall–Kier alpha value is -1.92. The van der Waals surface area contributed by atoms with Gasteiger partial charge in [-0.15, -0.1) is 0 Å². The van der Waals surface area contributed by atoms with E-state index in [9.17, 15) is 5.11 Å². The molecule has 3 rings (SSSR count). The van der Waals surface area contributed by atoms with Crippen molar-refractivity contribution in [2.24, 2.45) is 5.92 Å². The van der Waals surface area contributed by atoms with Crippen molar-refractivity contribution in [3.8, 4) is 5.75 Å². The molecule has 0 radical (unpaired) electrons. The molecule has 6 nitrogen and oxygen atoms in total. The molecule has 6 heteroatoms. The number of β-amino-alcohol motifs (C(OH)–C–C–N with tert-alkyl or cyclic N) is 1. The van der Waals surface area contributed by atoms with Gasteiger partial charge in [0, 0.05) is 19.6 Å². The summed E-state index contributed by atoms with van der Waals surface area (Å²) in [5.41, 5.74) is 0. The first-order chi connectivity index (χ1) is 12.1. The first-order valence-corrected chi connectivity index (χ1v) is 9.06.